The van der Waals surface area contributed by atoms with Crippen LogP contribution in [0.1, 0.15) is 51.9 Å². The Kier molecular flexibility index (Phi) is 4.49. The molecule has 0 aromatic heterocycles. The predicted octanol–water partition coefficient (Wildman–Crippen LogP) is 2.03. The third-order valence-electron chi connectivity index (χ3n) is 4.77. The van der Waals surface area contributed by atoms with Crippen molar-refractivity contribution in [3.63, 3.8) is 0 Å². The summed E-state index contributed by atoms with van der Waals surface area (Å²) >= 11 is 0. The molecule has 0 spiro atoms. The second-order valence-corrected chi connectivity index (χ2v) is 6.08. The number of urea groups is 1. The Hall–Kier alpha value is -0.770. The van der Waals surface area contributed by atoms with Gasteiger partial charge in [0.1, 0.15) is 0 Å². The maximum atomic E-state index is 11.8. The van der Waals surface area contributed by atoms with Crippen LogP contribution in [0.5, 0.6) is 0 Å². The van der Waals surface area contributed by atoms with Crippen LogP contribution in [-0.2, 0) is 0 Å². The number of carbonyl (C=O) groups is 1. The summed E-state index contributed by atoms with van der Waals surface area (Å²) in [4.78, 5) is 11.8. The summed E-state index contributed by atoms with van der Waals surface area (Å²) in [6, 6.07) is 0.284. The van der Waals surface area contributed by atoms with Gasteiger partial charge >= 0.3 is 6.03 Å². The molecule has 0 atom stereocenters. The van der Waals surface area contributed by atoms with Crippen molar-refractivity contribution >= 4 is 6.03 Å². The van der Waals surface area contributed by atoms with E-state index >= 15 is 0 Å². The summed E-state index contributed by atoms with van der Waals surface area (Å²) in [7, 11) is 0. The fraction of sp³-hybridized carbons (Fsp3) is 0.929. The largest absolute Gasteiger partial charge is 0.396 e. The molecular weight excluding hydrogens is 228 g/mol. The van der Waals surface area contributed by atoms with Crippen molar-refractivity contribution in [2.24, 2.45) is 11.3 Å². The highest BCUT2D eigenvalue weighted by atomic mass is 16.3. The molecule has 104 valence electrons. The normalized spacial score (nSPS) is 29.7. The first-order chi connectivity index (χ1) is 8.67. The lowest BCUT2D eigenvalue weighted by Crippen LogP contribution is -2.45. The van der Waals surface area contributed by atoms with Crippen LogP contribution in [0.2, 0.25) is 0 Å². The number of nitrogens with one attached hydrogen (secondary N) is 2. The zero-order valence-electron chi connectivity index (χ0n) is 11.4. The molecule has 0 aromatic carbocycles. The van der Waals surface area contributed by atoms with Crippen molar-refractivity contribution in [3.8, 4) is 0 Å². The quantitative estimate of drug-likeness (QED) is 0.703. The SMILES string of the molecule is CCC1(CNC(=O)NC2CCC(CO)CC2)CC1. The van der Waals surface area contributed by atoms with Crippen molar-refractivity contribution in [1.29, 1.82) is 0 Å². The number of hydrogen-bond donors (Lipinski definition) is 3. The molecule has 0 unspecified atom stereocenters. The molecule has 0 radical (unpaired) electrons. The van der Waals surface area contributed by atoms with E-state index in [9.17, 15) is 4.79 Å². The number of carbonyl (C=O) groups excluding carboxylic acids is 1. The lowest BCUT2D eigenvalue weighted by Gasteiger charge is -2.28. The number of amides is 2. The van der Waals surface area contributed by atoms with E-state index in [-0.39, 0.29) is 12.6 Å². The first kappa shape index (κ1) is 13.7. The first-order valence-corrected chi connectivity index (χ1v) is 7.33. The Balaban J connectivity index is 1.62. The van der Waals surface area contributed by atoms with E-state index in [0.717, 1.165) is 38.6 Å². The molecule has 4 heteroatoms. The molecule has 3 N–H and O–H groups in total. The molecule has 4 nitrogen and oxygen atoms in total. The number of aliphatic hydroxyl groups is 1. The molecule has 2 saturated carbocycles. The fourth-order valence-electron chi connectivity index (χ4n) is 2.83. The van der Waals surface area contributed by atoms with E-state index in [1.165, 1.54) is 12.8 Å². The standard InChI is InChI=1S/C14H26N2O2/c1-2-14(7-8-14)10-15-13(18)16-12-5-3-11(9-17)4-6-12/h11-12,17H,2-10H2,1H3,(H2,15,16,18). The Morgan fingerprint density at radius 1 is 1.28 bits per heavy atom. The molecule has 0 aromatic rings. The van der Waals surface area contributed by atoms with Gasteiger partial charge in [0.25, 0.3) is 0 Å². The summed E-state index contributed by atoms with van der Waals surface area (Å²) in [5.74, 6) is 0.445. The first-order valence-electron chi connectivity index (χ1n) is 7.33. The van der Waals surface area contributed by atoms with E-state index in [1.54, 1.807) is 0 Å². The molecule has 2 fully saturated rings. The van der Waals surface area contributed by atoms with Crippen molar-refractivity contribution < 1.29 is 9.90 Å². The lowest BCUT2D eigenvalue weighted by atomic mass is 9.87. The molecule has 2 amide bonds. The summed E-state index contributed by atoms with van der Waals surface area (Å²) in [5.41, 5.74) is 0.409. The minimum absolute atomic E-state index is 0.0119. The van der Waals surface area contributed by atoms with Crippen LogP contribution in [0, 0.1) is 11.3 Å². The maximum Gasteiger partial charge on any atom is 0.315 e. The molecule has 0 bridgehead atoms. The average molecular weight is 254 g/mol. The lowest BCUT2D eigenvalue weighted by molar-refractivity contribution is 0.174. The van der Waals surface area contributed by atoms with Gasteiger partial charge in [0.2, 0.25) is 0 Å². The van der Waals surface area contributed by atoms with Crippen LogP contribution < -0.4 is 10.6 Å². The summed E-state index contributed by atoms with van der Waals surface area (Å²) in [5, 5.41) is 15.1. The molecule has 2 aliphatic carbocycles. The van der Waals surface area contributed by atoms with Crippen LogP contribution in [0.4, 0.5) is 4.79 Å². The van der Waals surface area contributed by atoms with Crippen LogP contribution >= 0.6 is 0 Å². The van der Waals surface area contributed by atoms with Crippen molar-refractivity contribution in [2.75, 3.05) is 13.2 Å². The van der Waals surface area contributed by atoms with Crippen LogP contribution in [0.15, 0.2) is 0 Å². The smallest absolute Gasteiger partial charge is 0.315 e. The summed E-state index contributed by atoms with van der Waals surface area (Å²) in [6.07, 6.45) is 7.72. The van der Waals surface area contributed by atoms with Gasteiger partial charge in [-0.1, -0.05) is 6.92 Å². The van der Waals surface area contributed by atoms with Gasteiger partial charge in [0, 0.05) is 19.2 Å². The van der Waals surface area contributed by atoms with Gasteiger partial charge in [-0.2, -0.15) is 0 Å². The summed E-state index contributed by atoms with van der Waals surface area (Å²) < 4.78 is 0. The topological polar surface area (TPSA) is 61.4 Å². The van der Waals surface area contributed by atoms with E-state index in [1.807, 2.05) is 0 Å². The van der Waals surface area contributed by atoms with E-state index in [4.69, 9.17) is 5.11 Å². The van der Waals surface area contributed by atoms with E-state index < -0.39 is 0 Å². The van der Waals surface area contributed by atoms with E-state index in [2.05, 4.69) is 17.6 Å². The van der Waals surface area contributed by atoms with Crippen molar-refractivity contribution in [2.45, 2.75) is 57.9 Å². The number of hydrogen-bond acceptors (Lipinski definition) is 2. The second-order valence-electron chi connectivity index (χ2n) is 6.08. The maximum absolute atomic E-state index is 11.8. The molecule has 2 aliphatic rings. The second kappa shape index (κ2) is 5.91. The minimum Gasteiger partial charge on any atom is -0.396 e. The number of aliphatic hydroxyl groups excluding tert-OH is 1. The van der Waals surface area contributed by atoms with Gasteiger partial charge in [-0.15, -0.1) is 0 Å². The average Bonchev–Trinajstić information content (AvgIpc) is 3.18. The van der Waals surface area contributed by atoms with E-state index in [0.29, 0.717) is 17.4 Å². The highest BCUT2D eigenvalue weighted by Gasteiger charge is 2.40. The fourth-order valence-corrected chi connectivity index (χ4v) is 2.83. The van der Waals surface area contributed by atoms with Crippen LogP contribution in [0.25, 0.3) is 0 Å². The number of rotatable bonds is 5. The monoisotopic (exact) mass is 254 g/mol. The van der Waals surface area contributed by atoms with Gasteiger partial charge in [-0.25, -0.2) is 4.79 Å². The van der Waals surface area contributed by atoms with Crippen LogP contribution in [0.3, 0.4) is 0 Å². The Morgan fingerprint density at radius 2 is 1.94 bits per heavy atom. The predicted molar refractivity (Wildman–Crippen MR) is 71.3 cm³/mol. The van der Waals surface area contributed by atoms with Crippen molar-refractivity contribution in [1.82, 2.24) is 10.6 Å². The Morgan fingerprint density at radius 3 is 2.44 bits per heavy atom. The zero-order valence-corrected chi connectivity index (χ0v) is 11.4. The van der Waals surface area contributed by atoms with Gasteiger partial charge in [-0.3, -0.25) is 0 Å². The highest BCUT2D eigenvalue weighted by Crippen LogP contribution is 2.47. The Bertz CT molecular complexity index is 282. The van der Waals surface area contributed by atoms with Gasteiger partial charge in [0.15, 0.2) is 0 Å². The molecule has 2 rings (SSSR count). The van der Waals surface area contributed by atoms with Gasteiger partial charge in [-0.05, 0) is 56.3 Å². The molecule has 0 aliphatic heterocycles. The van der Waals surface area contributed by atoms with Gasteiger partial charge in [0.05, 0.1) is 0 Å². The third-order valence-corrected chi connectivity index (χ3v) is 4.77. The third kappa shape index (κ3) is 3.61. The Labute approximate surface area is 110 Å². The van der Waals surface area contributed by atoms with Crippen LogP contribution in [-0.4, -0.2) is 30.3 Å². The molecule has 18 heavy (non-hydrogen) atoms. The summed E-state index contributed by atoms with van der Waals surface area (Å²) in [6.45, 7) is 3.31. The molecule has 0 heterocycles. The molecule has 0 saturated heterocycles. The minimum atomic E-state index is -0.0119. The zero-order chi connectivity index (χ0) is 13.0. The highest BCUT2D eigenvalue weighted by molar-refractivity contribution is 5.74. The molecular formula is C14H26N2O2. The van der Waals surface area contributed by atoms with Crippen molar-refractivity contribution in [3.05, 3.63) is 0 Å². The van der Waals surface area contributed by atoms with Gasteiger partial charge < -0.3 is 15.7 Å².